The lowest BCUT2D eigenvalue weighted by Crippen LogP contribution is -2.34. The van der Waals surface area contributed by atoms with E-state index in [0.29, 0.717) is 47.0 Å². The number of ketones is 1. The fourth-order valence-electron chi connectivity index (χ4n) is 5.60. The highest BCUT2D eigenvalue weighted by molar-refractivity contribution is 6.08. The van der Waals surface area contributed by atoms with E-state index in [2.05, 4.69) is 15.7 Å². The molecule has 0 radical (unpaired) electrons. The summed E-state index contributed by atoms with van der Waals surface area (Å²) in [6.07, 6.45) is 2.52. The fourth-order valence-corrected chi connectivity index (χ4v) is 5.60. The molecule has 202 valence electrons. The number of allylic oxidation sites excluding steroid dienone is 2. The second-order valence-corrected chi connectivity index (χ2v) is 10.1. The van der Waals surface area contributed by atoms with Gasteiger partial charge < -0.3 is 20.1 Å². The number of methoxy groups -OCH3 is 2. The van der Waals surface area contributed by atoms with E-state index in [1.807, 2.05) is 79.7 Å². The number of amides is 1. The summed E-state index contributed by atoms with van der Waals surface area (Å²) < 4.78 is 12.7. The van der Waals surface area contributed by atoms with Crippen molar-refractivity contribution in [3.05, 3.63) is 113 Å². The summed E-state index contributed by atoms with van der Waals surface area (Å²) in [7, 11) is 3.21. The number of ether oxygens (including phenoxy) is 2. The Morgan fingerprint density at radius 1 is 0.950 bits per heavy atom. The molecule has 1 aromatic heterocycles. The molecular weight excluding hydrogens is 504 g/mol. The Hall–Kier alpha value is -4.85. The second kappa shape index (κ2) is 10.4. The average Bonchev–Trinajstić information content (AvgIpc) is 3.40. The number of hydrogen-bond acceptors (Lipinski definition) is 6. The van der Waals surface area contributed by atoms with E-state index in [-0.39, 0.29) is 17.6 Å². The molecule has 0 saturated heterocycles. The van der Waals surface area contributed by atoms with Crippen molar-refractivity contribution < 1.29 is 19.1 Å². The number of anilines is 2. The van der Waals surface area contributed by atoms with Crippen LogP contribution in [0.5, 0.6) is 11.5 Å². The topological polar surface area (TPSA) is 94.5 Å². The molecule has 2 heterocycles. The van der Waals surface area contributed by atoms with Gasteiger partial charge in [0.2, 0.25) is 0 Å². The zero-order valence-electron chi connectivity index (χ0n) is 22.6. The first-order valence-electron chi connectivity index (χ1n) is 13.2. The zero-order chi connectivity index (χ0) is 27.8. The Labute approximate surface area is 232 Å². The van der Waals surface area contributed by atoms with Gasteiger partial charge >= 0.3 is 0 Å². The first-order chi connectivity index (χ1) is 19.5. The Morgan fingerprint density at radius 2 is 1.68 bits per heavy atom. The van der Waals surface area contributed by atoms with Gasteiger partial charge in [0.05, 0.1) is 20.4 Å². The number of para-hydroxylation sites is 1. The summed E-state index contributed by atoms with van der Waals surface area (Å²) in [6, 6.07) is 22.8. The largest absolute Gasteiger partial charge is 0.493 e. The quantitative estimate of drug-likeness (QED) is 0.321. The molecule has 3 aromatic carbocycles. The van der Waals surface area contributed by atoms with Crippen molar-refractivity contribution in [3.8, 4) is 11.5 Å². The summed E-state index contributed by atoms with van der Waals surface area (Å²) in [5.74, 6) is 1.55. The lowest BCUT2D eigenvalue weighted by Gasteiger charge is -2.36. The molecule has 0 fully saturated rings. The molecule has 4 aromatic rings. The lowest BCUT2D eigenvalue weighted by atomic mass is 9.77. The minimum atomic E-state index is -0.441. The molecule has 40 heavy (non-hydrogen) atoms. The van der Waals surface area contributed by atoms with Crippen LogP contribution >= 0.6 is 0 Å². The van der Waals surface area contributed by atoms with Crippen LogP contribution in [0, 0.1) is 6.92 Å². The molecule has 2 N–H and O–H groups in total. The van der Waals surface area contributed by atoms with Gasteiger partial charge in [0, 0.05) is 23.4 Å². The predicted molar refractivity (Wildman–Crippen MR) is 153 cm³/mol. The lowest BCUT2D eigenvalue weighted by molar-refractivity contribution is -0.116. The predicted octanol–water partition coefficient (Wildman–Crippen LogP) is 5.88. The molecule has 0 bridgehead atoms. The third-order valence-electron chi connectivity index (χ3n) is 7.64. The number of hydrogen-bond donors (Lipinski definition) is 2. The Morgan fingerprint density at radius 3 is 2.40 bits per heavy atom. The minimum Gasteiger partial charge on any atom is -0.493 e. The van der Waals surface area contributed by atoms with Gasteiger partial charge in [0.1, 0.15) is 17.4 Å². The first-order valence-corrected chi connectivity index (χ1v) is 13.2. The van der Waals surface area contributed by atoms with Crippen LogP contribution in [0.1, 0.15) is 51.8 Å². The average molecular weight is 535 g/mol. The highest BCUT2D eigenvalue weighted by Gasteiger charge is 2.40. The van der Waals surface area contributed by atoms with Crippen molar-refractivity contribution in [1.82, 2.24) is 9.78 Å². The summed E-state index contributed by atoms with van der Waals surface area (Å²) in [5, 5.41) is 11.0. The number of Topliss-reactive ketones (excluding diaryl/α,β-unsaturated/α-hetero) is 1. The second-order valence-electron chi connectivity index (χ2n) is 10.1. The summed E-state index contributed by atoms with van der Waals surface area (Å²) in [5.41, 5.74) is 5.66. The van der Waals surface area contributed by atoms with Gasteiger partial charge in [-0.2, -0.15) is 5.10 Å². The number of nitrogens with zero attached hydrogens (tertiary/aromatic N) is 2. The van der Waals surface area contributed by atoms with E-state index >= 15 is 0 Å². The molecule has 2 aliphatic rings. The molecule has 1 aliphatic heterocycles. The van der Waals surface area contributed by atoms with E-state index in [9.17, 15) is 9.59 Å². The first kappa shape index (κ1) is 25.4. The number of carbonyl (C=O) groups is 2. The van der Waals surface area contributed by atoms with Crippen LogP contribution in [0.25, 0.3) is 0 Å². The number of nitrogens with one attached hydrogen (secondary N) is 2. The monoisotopic (exact) mass is 534 g/mol. The van der Waals surface area contributed by atoms with Gasteiger partial charge in [-0.1, -0.05) is 54.1 Å². The van der Waals surface area contributed by atoms with E-state index in [1.54, 1.807) is 25.1 Å². The maximum absolute atomic E-state index is 13.9. The fraction of sp³-hybridized carbons (Fsp3) is 0.219. The molecule has 1 aliphatic carbocycles. The van der Waals surface area contributed by atoms with Gasteiger partial charge in [-0.15, -0.1) is 0 Å². The van der Waals surface area contributed by atoms with Gasteiger partial charge in [-0.3, -0.25) is 9.59 Å². The maximum atomic E-state index is 13.9. The molecule has 8 nitrogen and oxygen atoms in total. The molecule has 0 unspecified atom stereocenters. The van der Waals surface area contributed by atoms with Crippen LogP contribution in [0.2, 0.25) is 0 Å². The van der Waals surface area contributed by atoms with Crippen LogP contribution < -0.4 is 20.1 Å². The number of fused-ring (bicyclic) bond motifs is 1. The summed E-state index contributed by atoms with van der Waals surface area (Å²) in [6.45, 7) is 2.03. The highest BCUT2D eigenvalue weighted by atomic mass is 16.5. The van der Waals surface area contributed by atoms with Gasteiger partial charge in [0.15, 0.2) is 17.3 Å². The van der Waals surface area contributed by atoms with Crippen LogP contribution in [-0.4, -0.2) is 35.7 Å². The molecule has 6 rings (SSSR count). The maximum Gasteiger partial charge on any atom is 0.261 e. The van der Waals surface area contributed by atoms with Crippen molar-refractivity contribution in [2.45, 2.75) is 31.7 Å². The van der Waals surface area contributed by atoms with E-state index in [0.717, 1.165) is 22.4 Å². The smallest absolute Gasteiger partial charge is 0.261 e. The Kier molecular flexibility index (Phi) is 6.59. The number of benzene rings is 3. The molecule has 8 heteroatoms. The van der Waals surface area contributed by atoms with Crippen molar-refractivity contribution in [3.63, 3.8) is 0 Å². The highest BCUT2D eigenvalue weighted by Crippen LogP contribution is 2.46. The van der Waals surface area contributed by atoms with Crippen LogP contribution in [0.15, 0.2) is 90.3 Å². The van der Waals surface area contributed by atoms with E-state index in [1.165, 1.54) is 0 Å². The van der Waals surface area contributed by atoms with Gasteiger partial charge in [-0.05, 0) is 54.7 Å². The van der Waals surface area contributed by atoms with Crippen molar-refractivity contribution in [1.29, 1.82) is 0 Å². The SMILES string of the molecule is COc1ccc([C@@H]2CC(=O)C3=C(C2)Nc2c(C(=O)Nc4ccccc4)cnn2[C@H]3c2ccc(C)cc2)cc1OC. The van der Waals surface area contributed by atoms with E-state index < -0.39 is 6.04 Å². The molecule has 0 saturated carbocycles. The Bertz CT molecular complexity index is 1620. The molecule has 2 atom stereocenters. The number of rotatable bonds is 6. The van der Waals surface area contributed by atoms with Crippen LogP contribution in [0.4, 0.5) is 11.5 Å². The van der Waals surface area contributed by atoms with Crippen LogP contribution in [-0.2, 0) is 4.79 Å². The van der Waals surface area contributed by atoms with Gasteiger partial charge in [0.25, 0.3) is 5.91 Å². The zero-order valence-corrected chi connectivity index (χ0v) is 22.6. The third-order valence-corrected chi connectivity index (χ3v) is 7.64. The number of aromatic nitrogens is 2. The van der Waals surface area contributed by atoms with Crippen molar-refractivity contribution >= 4 is 23.2 Å². The normalized spacial score (nSPS) is 17.9. The van der Waals surface area contributed by atoms with Gasteiger partial charge in [-0.25, -0.2) is 4.68 Å². The minimum absolute atomic E-state index is 0.0514. The van der Waals surface area contributed by atoms with Crippen molar-refractivity contribution in [2.75, 3.05) is 24.9 Å². The third kappa shape index (κ3) is 4.51. The molecule has 0 spiro atoms. The molecular formula is C32H30N4O4. The summed E-state index contributed by atoms with van der Waals surface area (Å²) >= 11 is 0. The number of aryl methyl sites for hydroxylation is 1. The number of carbonyl (C=O) groups excluding carboxylic acids is 2. The molecule has 1 amide bonds. The summed E-state index contributed by atoms with van der Waals surface area (Å²) in [4.78, 5) is 27.2. The standard InChI is InChI=1S/C32H30N4O4/c1-19-9-11-20(12-10-19)30-29-25(15-22(16-26(29)37)21-13-14-27(39-2)28(17-21)40-3)35-31-24(18-33-36(30)31)32(38)34-23-7-5-4-6-8-23/h4-14,17-18,22,30,35H,15-16H2,1-3H3,(H,34,38)/t22-,30-/m0/s1. The van der Waals surface area contributed by atoms with Crippen LogP contribution in [0.3, 0.4) is 0 Å². The Balaban J connectivity index is 1.41. The van der Waals surface area contributed by atoms with Crippen molar-refractivity contribution in [2.24, 2.45) is 0 Å². The van der Waals surface area contributed by atoms with E-state index in [4.69, 9.17) is 9.47 Å².